The van der Waals surface area contributed by atoms with Crippen LogP contribution in [0.4, 0.5) is 10.5 Å². The van der Waals surface area contributed by atoms with E-state index in [1.807, 2.05) is 30.3 Å². The summed E-state index contributed by atoms with van der Waals surface area (Å²) < 4.78 is 44.8. The predicted molar refractivity (Wildman–Crippen MR) is 147 cm³/mol. The minimum absolute atomic E-state index is 0.0800. The highest BCUT2D eigenvalue weighted by Gasteiger charge is 2.44. The second-order valence-electron chi connectivity index (χ2n) is 10.7. The van der Waals surface area contributed by atoms with E-state index in [1.54, 1.807) is 0 Å². The second kappa shape index (κ2) is 13.4. The number of ether oxygens (including phenoxy) is 3. The van der Waals surface area contributed by atoms with Gasteiger partial charge in [0.15, 0.2) is 6.29 Å². The van der Waals surface area contributed by atoms with Crippen LogP contribution in [0.1, 0.15) is 37.7 Å². The van der Waals surface area contributed by atoms with Crippen LogP contribution in [0, 0.1) is 16.0 Å². The number of hydrogen-bond donors (Lipinski definition) is 2. The zero-order valence-electron chi connectivity index (χ0n) is 22.9. The molecule has 0 bridgehead atoms. The Morgan fingerprint density at radius 3 is 2.62 bits per heavy atom. The number of carbonyl (C=O) groups excluding carboxylic acids is 1. The number of aliphatic hydroxyl groups is 1. The van der Waals surface area contributed by atoms with Crippen molar-refractivity contribution in [3.63, 3.8) is 0 Å². The highest BCUT2D eigenvalue weighted by Crippen LogP contribution is 2.33. The molecule has 2 aromatic carbocycles. The standard InChI is InChI=1S/C28H35N3O10S/c32-25(17-30(41-21-10-4-5-11-21)42(36,37)22-12-6-9-20(16-22)31(34)35)24(15-19-7-2-1-3-8-19)29-28(33)40-26-18-39-27-23(26)13-14-38-27/h1-3,6-9,12,16,21,23-27,32H,4-5,10-11,13-15,17-18H2,(H,29,33)/t23-,24+,25+,26-,27+/m1/s1. The number of sulfonamides is 1. The van der Waals surface area contributed by atoms with Gasteiger partial charge in [-0.3, -0.25) is 15.0 Å². The lowest BCUT2D eigenvalue weighted by Gasteiger charge is -2.30. The van der Waals surface area contributed by atoms with E-state index in [2.05, 4.69) is 5.32 Å². The summed E-state index contributed by atoms with van der Waals surface area (Å²) >= 11 is 0. The molecule has 1 amide bonds. The molecule has 5 atom stereocenters. The number of non-ortho nitro benzene ring substituents is 1. The number of benzene rings is 2. The maximum absolute atomic E-state index is 13.7. The highest BCUT2D eigenvalue weighted by atomic mass is 32.2. The minimum atomic E-state index is -4.43. The van der Waals surface area contributed by atoms with E-state index in [0.29, 0.717) is 30.3 Å². The lowest BCUT2D eigenvalue weighted by atomic mass is 10.0. The van der Waals surface area contributed by atoms with E-state index in [1.165, 1.54) is 18.2 Å². The molecule has 14 heteroatoms. The fourth-order valence-electron chi connectivity index (χ4n) is 5.53. The Morgan fingerprint density at radius 1 is 1.12 bits per heavy atom. The van der Waals surface area contributed by atoms with Crippen LogP contribution in [-0.2, 0) is 35.5 Å². The lowest BCUT2D eigenvalue weighted by Crippen LogP contribution is -2.51. The molecule has 13 nitrogen and oxygen atoms in total. The van der Waals surface area contributed by atoms with Crippen LogP contribution in [0.15, 0.2) is 59.5 Å². The largest absolute Gasteiger partial charge is 0.443 e. The van der Waals surface area contributed by atoms with E-state index in [9.17, 15) is 28.4 Å². The molecule has 2 N–H and O–H groups in total. The zero-order valence-corrected chi connectivity index (χ0v) is 23.8. The summed E-state index contributed by atoms with van der Waals surface area (Å²) in [5.41, 5.74) is 0.398. The third-order valence-corrected chi connectivity index (χ3v) is 9.43. The van der Waals surface area contributed by atoms with Gasteiger partial charge in [0, 0.05) is 12.1 Å². The molecule has 2 saturated heterocycles. The number of hydroxylamine groups is 1. The van der Waals surface area contributed by atoms with Gasteiger partial charge in [-0.05, 0) is 37.3 Å². The second-order valence-corrected chi connectivity index (χ2v) is 12.6. The Labute approximate surface area is 243 Å². The smallest absolute Gasteiger partial charge is 0.407 e. The monoisotopic (exact) mass is 605 g/mol. The Balaban J connectivity index is 1.36. The highest BCUT2D eigenvalue weighted by molar-refractivity contribution is 7.89. The van der Waals surface area contributed by atoms with Gasteiger partial charge in [0.25, 0.3) is 15.7 Å². The first kappa shape index (κ1) is 30.3. The lowest BCUT2D eigenvalue weighted by molar-refractivity contribution is -0.385. The third kappa shape index (κ3) is 7.25. The molecule has 2 heterocycles. The molecular formula is C28H35N3O10S. The molecule has 3 fully saturated rings. The first-order valence-electron chi connectivity index (χ1n) is 14.1. The Kier molecular flexibility index (Phi) is 9.70. The van der Waals surface area contributed by atoms with Crippen LogP contribution < -0.4 is 5.32 Å². The summed E-state index contributed by atoms with van der Waals surface area (Å²) in [6, 6.07) is 12.8. The number of nitro benzene ring substituents is 1. The summed E-state index contributed by atoms with van der Waals surface area (Å²) in [5.74, 6) is -0.0800. The number of fused-ring (bicyclic) bond motifs is 1. The molecule has 2 aliphatic heterocycles. The van der Waals surface area contributed by atoms with Crippen molar-refractivity contribution in [3.05, 3.63) is 70.3 Å². The van der Waals surface area contributed by atoms with Crippen molar-refractivity contribution < 1.29 is 42.3 Å². The number of rotatable bonds is 12. The van der Waals surface area contributed by atoms with Crippen molar-refractivity contribution in [2.45, 2.75) is 74.1 Å². The van der Waals surface area contributed by atoms with Gasteiger partial charge in [0.05, 0.1) is 53.7 Å². The third-order valence-electron chi connectivity index (χ3n) is 7.81. The molecular weight excluding hydrogens is 570 g/mol. The van der Waals surface area contributed by atoms with Gasteiger partial charge in [-0.2, -0.15) is 0 Å². The molecule has 0 radical (unpaired) electrons. The van der Waals surface area contributed by atoms with Gasteiger partial charge in [0.2, 0.25) is 0 Å². The van der Waals surface area contributed by atoms with Gasteiger partial charge >= 0.3 is 6.09 Å². The van der Waals surface area contributed by atoms with Crippen LogP contribution in [-0.4, -0.2) is 79.4 Å². The van der Waals surface area contributed by atoms with Crippen LogP contribution >= 0.6 is 0 Å². The van der Waals surface area contributed by atoms with E-state index in [-0.39, 0.29) is 23.8 Å². The molecule has 42 heavy (non-hydrogen) atoms. The van der Waals surface area contributed by atoms with Crippen molar-refractivity contribution in [2.75, 3.05) is 19.8 Å². The molecule has 1 saturated carbocycles. The van der Waals surface area contributed by atoms with E-state index in [4.69, 9.17) is 19.0 Å². The van der Waals surface area contributed by atoms with Crippen molar-refractivity contribution in [1.82, 2.24) is 9.79 Å². The van der Waals surface area contributed by atoms with E-state index in [0.717, 1.165) is 24.5 Å². The summed E-state index contributed by atoms with van der Waals surface area (Å²) in [6.45, 7) is 0.172. The van der Waals surface area contributed by atoms with Crippen LogP contribution in [0.25, 0.3) is 0 Å². The molecule has 5 rings (SSSR count). The van der Waals surface area contributed by atoms with Gasteiger partial charge in [-0.15, -0.1) is 0 Å². The predicted octanol–water partition coefficient (Wildman–Crippen LogP) is 2.92. The van der Waals surface area contributed by atoms with Crippen molar-refractivity contribution in [3.8, 4) is 0 Å². The molecule has 0 aromatic heterocycles. The number of alkyl carbamates (subject to hydrolysis) is 1. The Bertz CT molecular complexity index is 1340. The summed E-state index contributed by atoms with van der Waals surface area (Å²) in [5, 5.41) is 25.4. The Hall–Kier alpha value is -3.14. The number of nitrogens with zero attached hydrogens (tertiary/aromatic N) is 2. The van der Waals surface area contributed by atoms with Crippen LogP contribution in [0.5, 0.6) is 0 Å². The van der Waals surface area contributed by atoms with Crippen molar-refractivity contribution in [1.29, 1.82) is 0 Å². The van der Waals surface area contributed by atoms with E-state index >= 15 is 0 Å². The van der Waals surface area contributed by atoms with Crippen LogP contribution in [0.3, 0.4) is 0 Å². The molecule has 0 spiro atoms. The van der Waals surface area contributed by atoms with Gasteiger partial charge in [-0.25, -0.2) is 13.2 Å². The minimum Gasteiger partial charge on any atom is -0.443 e. The quantitative estimate of drug-likeness (QED) is 0.271. The number of nitrogens with one attached hydrogen (secondary N) is 1. The molecule has 1 aliphatic carbocycles. The van der Waals surface area contributed by atoms with Gasteiger partial charge in [0.1, 0.15) is 6.10 Å². The normalized spacial score (nSPS) is 23.9. The molecule has 2 aromatic rings. The summed E-state index contributed by atoms with van der Waals surface area (Å²) in [7, 11) is -4.43. The first-order chi connectivity index (χ1) is 20.2. The van der Waals surface area contributed by atoms with Crippen LogP contribution in [0.2, 0.25) is 0 Å². The van der Waals surface area contributed by atoms with Crippen molar-refractivity contribution >= 4 is 21.8 Å². The number of amides is 1. The maximum Gasteiger partial charge on any atom is 0.407 e. The summed E-state index contributed by atoms with van der Waals surface area (Å²) in [6.07, 6.45) is 0.311. The molecule has 228 valence electrons. The Morgan fingerprint density at radius 2 is 1.88 bits per heavy atom. The number of nitro groups is 1. The maximum atomic E-state index is 13.7. The fourth-order valence-corrected chi connectivity index (χ4v) is 6.87. The van der Waals surface area contributed by atoms with Crippen molar-refractivity contribution in [2.24, 2.45) is 5.92 Å². The average molecular weight is 606 g/mol. The van der Waals surface area contributed by atoms with Gasteiger partial charge in [-0.1, -0.05) is 53.7 Å². The van der Waals surface area contributed by atoms with E-state index < -0.39 is 63.9 Å². The summed E-state index contributed by atoms with van der Waals surface area (Å²) in [4.78, 5) is 29.2. The van der Waals surface area contributed by atoms with Gasteiger partial charge < -0.3 is 24.6 Å². The molecule has 0 unspecified atom stereocenters. The SMILES string of the molecule is O=C(N[C@@H](Cc1ccccc1)[C@@H](O)CN(OC1CCCC1)S(=O)(=O)c1cccc([N+](=O)[O-])c1)O[C@@H]1CO[C@@H]2OCC[C@@H]21. The molecule has 3 aliphatic rings. The average Bonchev–Trinajstić information content (AvgIpc) is 3.74. The fraction of sp³-hybridized carbons (Fsp3) is 0.536. The number of hydrogen-bond acceptors (Lipinski definition) is 10. The number of aliphatic hydroxyl groups excluding tert-OH is 1. The zero-order chi connectivity index (χ0) is 29.7. The first-order valence-corrected chi connectivity index (χ1v) is 15.5. The topological polar surface area (TPSA) is 167 Å². The number of carbonyl (C=O) groups is 1.